The third kappa shape index (κ3) is 2.86. The average molecular weight is 325 g/mol. The van der Waals surface area contributed by atoms with E-state index < -0.39 is 10.0 Å². The molecule has 114 valence electrons. The summed E-state index contributed by atoms with van der Waals surface area (Å²) in [6.07, 6.45) is 5.09. The number of thiophene rings is 1. The largest absolute Gasteiger partial charge is 0.312 e. The highest BCUT2D eigenvalue weighted by Gasteiger charge is 2.39. The van der Waals surface area contributed by atoms with Gasteiger partial charge in [-0.15, -0.1) is 11.3 Å². The Labute approximate surface area is 129 Å². The summed E-state index contributed by atoms with van der Waals surface area (Å²) < 4.78 is 27.7. The molecule has 0 bridgehead atoms. The summed E-state index contributed by atoms with van der Waals surface area (Å²) in [6, 6.07) is 5.49. The van der Waals surface area contributed by atoms with Crippen LogP contribution in [0.5, 0.6) is 0 Å². The van der Waals surface area contributed by atoms with Crippen LogP contribution in [0.3, 0.4) is 0 Å². The first-order chi connectivity index (χ1) is 10.1. The topological polar surface area (TPSA) is 73.2 Å². The number of hydrogen-bond acceptors (Lipinski definition) is 5. The molecule has 7 heteroatoms. The lowest BCUT2D eigenvalue weighted by molar-refractivity contribution is 0.211. The molecule has 2 aliphatic rings. The molecule has 0 amide bonds. The van der Waals surface area contributed by atoms with E-state index in [1.54, 1.807) is 16.4 Å². The first-order valence-electron chi connectivity index (χ1n) is 7.38. The van der Waals surface area contributed by atoms with Gasteiger partial charge in [0.25, 0.3) is 10.0 Å². The molecular weight excluding hydrogens is 306 g/mol. The van der Waals surface area contributed by atoms with Crippen molar-refractivity contribution in [3.8, 4) is 6.07 Å². The predicted octanol–water partition coefficient (Wildman–Crippen LogP) is 1.91. The van der Waals surface area contributed by atoms with Crippen molar-refractivity contribution < 1.29 is 8.42 Å². The molecule has 2 atom stereocenters. The van der Waals surface area contributed by atoms with Gasteiger partial charge in [0.1, 0.15) is 15.2 Å². The zero-order valence-corrected chi connectivity index (χ0v) is 13.4. The van der Waals surface area contributed by atoms with E-state index in [4.69, 9.17) is 5.26 Å². The van der Waals surface area contributed by atoms with Crippen LogP contribution in [0.25, 0.3) is 0 Å². The van der Waals surface area contributed by atoms with E-state index in [2.05, 4.69) is 5.32 Å². The maximum Gasteiger partial charge on any atom is 0.252 e. The molecule has 0 radical (unpaired) electrons. The summed E-state index contributed by atoms with van der Waals surface area (Å²) in [5.41, 5.74) is 0. The lowest BCUT2D eigenvalue weighted by Crippen LogP contribution is -2.52. The number of rotatable bonds is 3. The molecule has 0 spiro atoms. The Kier molecular flexibility index (Phi) is 4.31. The van der Waals surface area contributed by atoms with Gasteiger partial charge in [-0.3, -0.25) is 0 Å². The van der Waals surface area contributed by atoms with Crippen molar-refractivity contribution in [3.05, 3.63) is 17.0 Å². The lowest BCUT2D eigenvalue weighted by atomic mass is 9.97. The van der Waals surface area contributed by atoms with E-state index in [0.29, 0.717) is 15.6 Å². The molecule has 1 aromatic rings. The highest BCUT2D eigenvalue weighted by Crippen LogP contribution is 2.32. The molecule has 1 aromatic heterocycles. The minimum Gasteiger partial charge on any atom is -0.312 e. The van der Waals surface area contributed by atoms with Gasteiger partial charge in [0.05, 0.1) is 0 Å². The summed E-state index contributed by atoms with van der Waals surface area (Å²) >= 11 is 1.07. The molecule has 5 nitrogen and oxygen atoms in total. The highest BCUT2D eigenvalue weighted by molar-refractivity contribution is 7.91. The van der Waals surface area contributed by atoms with Gasteiger partial charge >= 0.3 is 0 Å². The maximum absolute atomic E-state index is 12.9. The number of sulfonamides is 1. The highest BCUT2D eigenvalue weighted by atomic mass is 32.2. The number of hydrogen-bond donors (Lipinski definition) is 1. The van der Waals surface area contributed by atoms with E-state index in [9.17, 15) is 8.42 Å². The Hall–Kier alpha value is -0.940. The standard InChI is InChI=1S/C14H19N3O2S2/c15-10-11-6-7-14(20-11)21(18,19)17-9-2-1-5-13(17)12-4-3-8-16-12/h6-7,12-13,16H,1-5,8-9H2. The Morgan fingerprint density at radius 2 is 2.14 bits per heavy atom. The summed E-state index contributed by atoms with van der Waals surface area (Å²) in [5.74, 6) is 0. The molecule has 2 unspecified atom stereocenters. The van der Waals surface area contributed by atoms with Crippen molar-refractivity contribution in [1.29, 1.82) is 5.26 Å². The van der Waals surface area contributed by atoms with Crippen molar-refractivity contribution in [2.45, 2.75) is 48.4 Å². The zero-order chi connectivity index (χ0) is 14.9. The van der Waals surface area contributed by atoms with Crippen LogP contribution >= 0.6 is 11.3 Å². The van der Waals surface area contributed by atoms with Crippen molar-refractivity contribution in [2.24, 2.45) is 0 Å². The Morgan fingerprint density at radius 1 is 1.29 bits per heavy atom. The quantitative estimate of drug-likeness (QED) is 0.921. The summed E-state index contributed by atoms with van der Waals surface area (Å²) in [5, 5.41) is 12.3. The van der Waals surface area contributed by atoms with Crippen LogP contribution in [-0.2, 0) is 10.0 Å². The zero-order valence-electron chi connectivity index (χ0n) is 11.8. The molecule has 2 saturated heterocycles. The van der Waals surface area contributed by atoms with Gasteiger partial charge in [-0.1, -0.05) is 6.42 Å². The van der Waals surface area contributed by atoms with Crippen molar-refractivity contribution in [2.75, 3.05) is 13.1 Å². The third-order valence-corrected chi connectivity index (χ3v) is 7.70. The Morgan fingerprint density at radius 3 is 2.81 bits per heavy atom. The van der Waals surface area contributed by atoms with E-state index >= 15 is 0 Å². The van der Waals surface area contributed by atoms with Gasteiger partial charge in [0.15, 0.2) is 0 Å². The first-order valence-corrected chi connectivity index (χ1v) is 9.64. The molecule has 3 rings (SSSR count). The second-order valence-electron chi connectivity index (χ2n) is 5.61. The molecule has 0 aromatic carbocycles. The summed E-state index contributed by atoms with van der Waals surface area (Å²) in [7, 11) is -3.48. The Balaban J connectivity index is 1.89. The van der Waals surface area contributed by atoms with Crippen LogP contribution in [0.1, 0.15) is 37.0 Å². The number of piperidine rings is 1. The first kappa shape index (κ1) is 15.0. The van der Waals surface area contributed by atoms with Gasteiger partial charge in [0.2, 0.25) is 0 Å². The molecule has 2 fully saturated rings. The second kappa shape index (κ2) is 6.05. The van der Waals surface area contributed by atoms with E-state index in [1.807, 2.05) is 6.07 Å². The summed E-state index contributed by atoms with van der Waals surface area (Å²) in [6.45, 7) is 1.57. The minimum absolute atomic E-state index is 0.0545. The van der Waals surface area contributed by atoms with E-state index in [0.717, 1.165) is 50.0 Å². The van der Waals surface area contributed by atoms with Gasteiger partial charge in [0, 0.05) is 18.6 Å². The number of nitrogens with one attached hydrogen (secondary N) is 1. The Bertz CT molecular complexity index is 641. The third-order valence-electron chi connectivity index (χ3n) is 4.32. The van der Waals surface area contributed by atoms with E-state index in [-0.39, 0.29) is 12.1 Å². The smallest absolute Gasteiger partial charge is 0.252 e. The number of nitriles is 1. The van der Waals surface area contributed by atoms with Crippen LogP contribution in [0.2, 0.25) is 0 Å². The van der Waals surface area contributed by atoms with Crippen molar-refractivity contribution in [3.63, 3.8) is 0 Å². The van der Waals surface area contributed by atoms with Crippen LogP contribution in [0.15, 0.2) is 16.3 Å². The molecule has 0 aliphatic carbocycles. The van der Waals surface area contributed by atoms with Crippen molar-refractivity contribution >= 4 is 21.4 Å². The fourth-order valence-corrected chi connectivity index (χ4v) is 6.27. The van der Waals surface area contributed by atoms with Gasteiger partial charge in [-0.2, -0.15) is 9.57 Å². The summed E-state index contributed by atoms with van der Waals surface area (Å²) in [4.78, 5) is 0.445. The molecular formula is C14H19N3O2S2. The van der Waals surface area contributed by atoms with E-state index in [1.165, 1.54) is 0 Å². The average Bonchev–Trinajstić information content (AvgIpc) is 3.18. The molecule has 0 saturated carbocycles. The fourth-order valence-electron chi connectivity index (χ4n) is 3.31. The van der Waals surface area contributed by atoms with Gasteiger partial charge < -0.3 is 5.32 Å². The minimum atomic E-state index is -3.48. The number of nitrogens with zero attached hydrogens (tertiary/aromatic N) is 2. The second-order valence-corrected chi connectivity index (χ2v) is 8.81. The molecule has 1 N–H and O–H groups in total. The predicted molar refractivity (Wildman–Crippen MR) is 81.6 cm³/mol. The fraction of sp³-hybridized carbons (Fsp3) is 0.643. The van der Waals surface area contributed by atoms with Gasteiger partial charge in [-0.05, 0) is 44.4 Å². The van der Waals surface area contributed by atoms with Crippen LogP contribution in [0, 0.1) is 11.3 Å². The van der Waals surface area contributed by atoms with Gasteiger partial charge in [-0.25, -0.2) is 8.42 Å². The molecule has 2 aliphatic heterocycles. The van der Waals surface area contributed by atoms with Crippen LogP contribution in [0.4, 0.5) is 0 Å². The maximum atomic E-state index is 12.9. The molecule has 3 heterocycles. The molecule has 21 heavy (non-hydrogen) atoms. The normalized spacial score (nSPS) is 27.6. The van der Waals surface area contributed by atoms with Crippen LogP contribution in [-0.4, -0.2) is 37.9 Å². The lowest BCUT2D eigenvalue weighted by Gasteiger charge is -2.37. The monoisotopic (exact) mass is 325 g/mol. The SMILES string of the molecule is N#Cc1ccc(S(=O)(=O)N2CCCCC2C2CCCN2)s1. The van der Waals surface area contributed by atoms with Crippen molar-refractivity contribution in [1.82, 2.24) is 9.62 Å². The van der Waals surface area contributed by atoms with Crippen LogP contribution < -0.4 is 5.32 Å².